The molecule has 12 heteroatoms. The molecule has 1 saturated heterocycles. The maximum Gasteiger partial charge on any atom is 0.285 e. The zero-order chi connectivity index (χ0) is 30.9. The summed E-state index contributed by atoms with van der Waals surface area (Å²) in [5.74, 6) is -0.0258. The lowest BCUT2D eigenvalue weighted by Crippen LogP contribution is -2.48. The molecule has 220 valence electrons. The number of thioether (sulfide) groups is 1. The number of anilines is 1. The maximum absolute atomic E-state index is 13.3. The molecular weight excluding hydrogens is 583 g/mol. The molecule has 2 amide bonds. The number of carbonyl (C=O) groups excluding carboxylic acids is 2. The van der Waals surface area contributed by atoms with E-state index in [1.807, 2.05) is 32.9 Å². The Bertz CT molecular complexity index is 1420. The van der Waals surface area contributed by atoms with Crippen LogP contribution in [-0.2, 0) is 20.4 Å². The number of hydrogen-bond donors (Lipinski definition) is 3. The second kappa shape index (κ2) is 12.3. The van der Waals surface area contributed by atoms with Crippen molar-refractivity contribution in [1.29, 1.82) is 0 Å². The van der Waals surface area contributed by atoms with Crippen LogP contribution in [-0.4, -0.2) is 52.6 Å². The Morgan fingerprint density at radius 1 is 0.976 bits per heavy atom. The lowest BCUT2D eigenvalue weighted by molar-refractivity contribution is -0.123. The number of amides is 2. The normalized spacial score (nSPS) is 14.8. The molecule has 2 aromatic carbocycles. The fourth-order valence-electron chi connectivity index (χ4n) is 3.97. The van der Waals surface area contributed by atoms with Gasteiger partial charge in [0.25, 0.3) is 11.8 Å². The quantitative estimate of drug-likeness (QED) is 0.277. The van der Waals surface area contributed by atoms with Gasteiger partial charge in [-0.2, -0.15) is 5.01 Å². The van der Waals surface area contributed by atoms with Crippen LogP contribution in [0.4, 0.5) is 5.69 Å². The van der Waals surface area contributed by atoms with Gasteiger partial charge in [0.15, 0.2) is 20.8 Å². The number of ether oxygens (including phenoxy) is 3. The molecule has 0 atom stereocenters. The Balaban J connectivity index is 1.85. The second-order valence-corrected chi connectivity index (χ2v) is 13.4. The van der Waals surface area contributed by atoms with Crippen LogP contribution in [0.2, 0.25) is 0 Å². The Kier molecular flexibility index (Phi) is 9.62. The summed E-state index contributed by atoms with van der Waals surface area (Å²) in [5.41, 5.74) is 4.75. The number of nitrogens with zero attached hydrogens (tertiary/aromatic N) is 1. The smallest absolute Gasteiger partial charge is 0.285 e. The minimum Gasteiger partial charge on any atom is -0.507 e. The molecule has 3 rings (SSSR count). The van der Waals surface area contributed by atoms with E-state index >= 15 is 0 Å². The van der Waals surface area contributed by atoms with Gasteiger partial charge >= 0.3 is 0 Å². The highest BCUT2D eigenvalue weighted by Crippen LogP contribution is 2.41. The van der Waals surface area contributed by atoms with Gasteiger partial charge < -0.3 is 24.6 Å². The molecule has 1 aliphatic rings. The molecule has 1 heterocycles. The zero-order valence-electron chi connectivity index (χ0n) is 24.5. The number of phenols is 1. The fraction of sp³-hybridized carbons (Fsp3) is 0.379. The summed E-state index contributed by atoms with van der Waals surface area (Å²) in [6.45, 7) is 12.3. The molecule has 9 nitrogen and oxygen atoms in total. The third kappa shape index (κ3) is 7.11. The molecule has 0 spiro atoms. The summed E-state index contributed by atoms with van der Waals surface area (Å²) in [5, 5.41) is 14.8. The summed E-state index contributed by atoms with van der Waals surface area (Å²) in [4.78, 5) is 26.2. The summed E-state index contributed by atoms with van der Waals surface area (Å²) >= 11 is 11.7. The Morgan fingerprint density at radius 3 is 2.05 bits per heavy atom. The SMILES string of the molecule is COc1cc(NC(=O)C(=S)NN2C(=O)/C(=C\c3cc(C(C)(C)C)cc(C(C)(C)C)c3O)SC2=S)cc(OC)c1OC. The number of benzene rings is 2. The van der Waals surface area contributed by atoms with Crippen molar-refractivity contribution in [2.45, 2.75) is 52.4 Å². The molecule has 0 unspecified atom stereocenters. The molecule has 0 aliphatic carbocycles. The number of methoxy groups -OCH3 is 3. The van der Waals surface area contributed by atoms with E-state index < -0.39 is 11.8 Å². The van der Waals surface area contributed by atoms with Gasteiger partial charge in [-0.3, -0.25) is 15.0 Å². The molecular formula is C29H35N3O6S3. The van der Waals surface area contributed by atoms with Crippen molar-refractivity contribution in [3.63, 3.8) is 0 Å². The van der Waals surface area contributed by atoms with Gasteiger partial charge in [0.05, 0.1) is 26.2 Å². The number of phenolic OH excluding ortho intramolecular Hbond substituents is 1. The summed E-state index contributed by atoms with van der Waals surface area (Å²) in [6, 6.07) is 6.98. The van der Waals surface area contributed by atoms with E-state index in [0.717, 1.165) is 27.9 Å². The molecule has 0 radical (unpaired) electrons. The van der Waals surface area contributed by atoms with Gasteiger partial charge in [0, 0.05) is 28.9 Å². The van der Waals surface area contributed by atoms with E-state index in [0.29, 0.717) is 28.5 Å². The zero-order valence-corrected chi connectivity index (χ0v) is 27.0. The van der Waals surface area contributed by atoms with Crippen molar-refractivity contribution in [3.8, 4) is 23.0 Å². The van der Waals surface area contributed by atoms with Crippen LogP contribution in [0.5, 0.6) is 23.0 Å². The topological polar surface area (TPSA) is 109 Å². The van der Waals surface area contributed by atoms with Crippen molar-refractivity contribution < 1.29 is 28.9 Å². The first-order valence-corrected chi connectivity index (χ1v) is 14.2. The Morgan fingerprint density at radius 2 is 1.56 bits per heavy atom. The van der Waals surface area contributed by atoms with Crippen LogP contribution in [0, 0.1) is 0 Å². The van der Waals surface area contributed by atoms with Crippen LogP contribution < -0.4 is 25.0 Å². The van der Waals surface area contributed by atoms with Gasteiger partial charge in [-0.1, -0.05) is 71.6 Å². The van der Waals surface area contributed by atoms with Crippen molar-refractivity contribution in [2.75, 3.05) is 26.6 Å². The molecule has 41 heavy (non-hydrogen) atoms. The van der Waals surface area contributed by atoms with E-state index in [9.17, 15) is 14.7 Å². The highest BCUT2D eigenvalue weighted by atomic mass is 32.2. The van der Waals surface area contributed by atoms with E-state index in [4.69, 9.17) is 38.6 Å². The molecule has 0 saturated carbocycles. The predicted molar refractivity (Wildman–Crippen MR) is 171 cm³/mol. The van der Waals surface area contributed by atoms with Gasteiger partial charge in [-0.25, -0.2) is 0 Å². The lowest BCUT2D eigenvalue weighted by Gasteiger charge is -2.27. The van der Waals surface area contributed by atoms with Gasteiger partial charge in [-0.15, -0.1) is 0 Å². The second-order valence-electron chi connectivity index (χ2n) is 11.3. The predicted octanol–water partition coefficient (Wildman–Crippen LogP) is 5.68. The fourth-order valence-corrected chi connectivity index (χ4v) is 5.28. The van der Waals surface area contributed by atoms with E-state index in [-0.39, 0.29) is 30.8 Å². The highest BCUT2D eigenvalue weighted by molar-refractivity contribution is 8.26. The minimum atomic E-state index is -0.683. The van der Waals surface area contributed by atoms with Crippen molar-refractivity contribution in [3.05, 3.63) is 45.9 Å². The highest BCUT2D eigenvalue weighted by Gasteiger charge is 2.35. The maximum atomic E-state index is 13.3. The third-order valence-corrected chi connectivity index (χ3v) is 7.81. The first-order valence-electron chi connectivity index (χ1n) is 12.6. The Hall–Kier alpha value is -3.35. The summed E-state index contributed by atoms with van der Waals surface area (Å²) < 4.78 is 16.1. The van der Waals surface area contributed by atoms with Gasteiger partial charge in [0.1, 0.15) is 5.75 Å². The minimum absolute atomic E-state index is 0.101. The molecule has 1 fully saturated rings. The van der Waals surface area contributed by atoms with Crippen LogP contribution in [0.3, 0.4) is 0 Å². The number of rotatable bonds is 6. The third-order valence-electron chi connectivity index (χ3n) is 6.24. The molecule has 0 aromatic heterocycles. The Labute approximate surface area is 255 Å². The van der Waals surface area contributed by atoms with Crippen LogP contribution in [0.15, 0.2) is 29.2 Å². The number of hydrogen-bond acceptors (Lipinski definition) is 9. The first kappa shape index (κ1) is 32.2. The number of thiocarbonyl (C=S) groups is 2. The van der Waals surface area contributed by atoms with Crippen molar-refractivity contribution in [2.24, 2.45) is 0 Å². The lowest BCUT2D eigenvalue weighted by atomic mass is 9.79. The van der Waals surface area contributed by atoms with Crippen molar-refractivity contribution in [1.82, 2.24) is 10.4 Å². The van der Waals surface area contributed by atoms with Crippen LogP contribution >= 0.6 is 36.2 Å². The number of hydrazine groups is 1. The van der Waals surface area contributed by atoms with E-state index in [1.165, 1.54) is 21.3 Å². The van der Waals surface area contributed by atoms with E-state index in [1.54, 1.807) is 18.2 Å². The average Bonchev–Trinajstić information content (AvgIpc) is 3.14. The van der Waals surface area contributed by atoms with Crippen molar-refractivity contribution >= 4 is 69.1 Å². The molecule has 0 bridgehead atoms. The van der Waals surface area contributed by atoms with Gasteiger partial charge in [0.2, 0.25) is 5.75 Å². The standard InChI is InChI=1S/C29H35N3O6S3/c1-28(2,3)16-10-15(22(33)18(12-16)29(4,5)6)11-21-26(35)32(27(40)41-21)31-25(39)24(34)30-17-13-19(36-7)23(38-9)20(14-17)37-8/h10-14,33H,1-9H3,(H,30,34)(H,31,39)/b21-11+. The molecule has 2 aromatic rings. The monoisotopic (exact) mass is 617 g/mol. The van der Waals surface area contributed by atoms with Gasteiger partial charge in [-0.05, 0) is 40.8 Å². The number of aromatic hydroxyl groups is 1. The number of carbonyl (C=O) groups is 2. The molecule has 3 N–H and O–H groups in total. The summed E-state index contributed by atoms with van der Waals surface area (Å²) in [6.07, 6.45) is 1.61. The number of nitrogens with one attached hydrogen (secondary N) is 2. The van der Waals surface area contributed by atoms with Crippen LogP contribution in [0.25, 0.3) is 6.08 Å². The average molecular weight is 618 g/mol. The largest absolute Gasteiger partial charge is 0.507 e. The summed E-state index contributed by atoms with van der Waals surface area (Å²) in [7, 11) is 4.39. The van der Waals surface area contributed by atoms with Crippen LogP contribution in [0.1, 0.15) is 58.2 Å². The first-order chi connectivity index (χ1) is 19.0. The molecule has 1 aliphatic heterocycles. The van der Waals surface area contributed by atoms with E-state index in [2.05, 4.69) is 31.5 Å².